The summed E-state index contributed by atoms with van der Waals surface area (Å²) in [6.45, 7) is 11.1. The summed E-state index contributed by atoms with van der Waals surface area (Å²) < 4.78 is 10.1. The molecule has 1 radical (unpaired) electrons. The fraction of sp³-hybridized carbons (Fsp3) is 0.172. The Morgan fingerprint density at radius 3 is 2.08 bits per heavy atom. The molecule has 0 saturated carbocycles. The summed E-state index contributed by atoms with van der Waals surface area (Å²) >= 11 is -2.14. The van der Waals surface area contributed by atoms with Gasteiger partial charge in [-0.3, -0.25) is 4.98 Å². The molecular weight excluding hydrogens is 1050 g/mol. The van der Waals surface area contributed by atoms with Crippen molar-refractivity contribution in [3.05, 3.63) is 186 Å². The number of benzene rings is 6. The normalized spacial score (nSPS) is 11.5. The van der Waals surface area contributed by atoms with Gasteiger partial charge in [0.05, 0.1) is 22.4 Å². The van der Waals surface area contributed by atoms with E-state index in [9.17, 15) is 5.26 Å². The topological polar surface area (TPSA) is 80.5 Å². The maximum atomic E-state index is 9.50. The molecule has 0 bridgehead atoms. The fourth-order valence-corrected chi connectivity index (χ4v) is 11.8. The van der Waals surface area contributed by atoms with Gasteiger partial charge in [-0.1, -0.05) is 81.1 Å². The van der Waals surface area contributed by atoms with Crippen LogP contribution in [0.15, 0.2) is 156 Å². The number of para-hydroxylation sites is 2. The van der Waals surface area contributed by atoms with Gasteiger partial charge in [0.15, 0.2) is 0 Å². The van der Waals surface area contributed by atoms with Crippen LogP contribution in [0.4, 0.5) is 0 Å². The molecule has 0 N–H and O–H groups in total. The minimum absolute atomic E-state index is 0. The van der Waals surface area contributed by atoms with Crippen molar-refractivity contribution in [3.8, 4) is 56.7 Å². The summed E-state index contributed by atoms with van der Waals surface area (Å²) in [5.74, 6) is 8.46. The molecule has 0 spiro atoms. The van der Waals surface area contributed by atoms with Crippen LogP contribution in [0.3, 0.4) is 0 Å². The Balaban J connectivity index is 0.000000203. The molecule has 6 aromatic carbocycles. The minimum atomic E-state index is -2.14. The van der Waals surface area contributed by atoms with Crippen molar-refractivity contribution in [2.45, 2.75) is 63.7 Å². The SMILES string of the molecule is Cc1ccc2c(n1)oc1c(-c3nc4ccccc4n3-c3c(C(C)C)cc(-c4ccccc4)cc3C(C)C)[c-]ccc12.[CH3][Ge]([CH3])([CH3])[c]1cnc(-c2[c-]cccc2)cc1-c1ccccc1C#N.[Ir]. The van der Waals surface area contributed by atoms with Crippen LogP contribution in [0.25, 0.3) is 83.7 Å². The van der Waals surface area contributed by atoms with E-state index in [-0.39, 0.29) is 20.1 Å². The third-order valence-corrected chi connectivity index (χ3v) is 16.2. The monoisotopic (exact) mass is 1100 g/mol. The Hall–Kier alpha value is -6.43. The van der Waals surface area contributed by atoms with Gasteiger partial charge in [0.1, 0.15) is 0 Å². The minimum Gasteiger partial charge on any atom is 0 e. The maximum Gasteiger partial charge on any atom is 0 e. The zero-order valence-electron chi connectivity index (χ0n) is 38.6. The molecule has 4 aromatic heterocycles. The number of hydrogen-bond acceptors (Lipinski definition) is 5. The van der Waals surface area contributed by atoms with Gasteiger partial charge in [0.2, 0.25) is 5.71 Å². The maximum absolute atomic E-state index is 9.50. The quantitative estimate of drug-likeness (QED) is 0.112. The molecule has 0 saturated heterocycles. The number of hydrogen-bond donors (Lipinski definition) is 0. The van der Waals surface area contributed by atoms with Gasteiger partial charge in [-0.15, -0.1) is 18.2 Å². The van der Waals surface area contributed by atoms with E-state index in [4.69, 9.17) is 9.40 Å². The Morgan fingerprint density at radius 2 is 1.38 bits per heavy atom. The van der Waals surface area contributed by atoms with Gasteiger partial charge >= 0.3 is 146 Å². The second-order valence-electron chi connectivity index (χ2n) is 18.2. The van der Waals surface area contributed by atoms with Gasteiger partial charge in [-0.2, -0.15) is 0 Å². The summed E-state index contributed by atoms with van der Waals surface area (Å²) in [6.07, 6.45) is 2.01. The van der Waals surface area contributed by atoms with Crippen LogP contribution in [0, 0.1) is 30.4 Å². The molecule has 329 valence electrons. The molecule has 0 unspecified atom stereocenters. The van der Waals surface area contributed by atoms with E-state index >= 15 is 0 Å². The molecule has 0 aliphatic carbocycles. The van der Waals surface area contributed by atoms with E-state index in [0.29, 0.717) is 23.1 Å². The molecule has 0 aliphatic heterocycles. The molecule has 10 rings (SSSR count). The molecular formula is C58H51GeIrN5O-2. The second kappa shape index (κ2) is 19.2. The standard InChI is InChI=1S/C37H32N3O.C21H19GeN2.Ir/c1-22(2)30-20-26(25-12-7-6-8-13-25)21-31(23(3)4)34(30)40-33-17-10-9-16-32(33)39-36(40)29-15-11-14-27-28-19-18-24(5)38-37(28)41-35(27)29;1-22(2,3)20-15-24-21(16-9-5-4-6-10-16)13-19(20)18-12-8-7-11-17(18)14-23;/h6-14,16-23H,1-5H3;4-9,11-13,15H,1-3H3;/q2*-1;. The smallest absolute Gasteiger partial charge is 0 e. The number of imidazole rings is 1. The van der Waals surface area contributed by atoms with E-state index in [0.717, 1.165) is 66.9 Å². The van der Waals surface area contributed by atoms with Crippen molar-refractivity contribution in [1.82, 2.24) is 19.5 Å². The Kier molecular flexibility index (Phi) is 13.4. The van der Waals surface area contributed by atoms with E-state index in [1.807, 2.05) is 79.9 Å². The first-order valence-corrected chi connectivity index (χ1v) is 29.6. The Labute approximate surface area is 404 Å². The number of rotatable bonds is 8. The van der Waals surface area contributed by atoms with Crippen LogP contribution in [-0.2, 0) is 20.1 Å². The largest absolute Gasteiger partial charge is 0 e. The van der Waals surface area contributed by atoms with Crippen LogP contribution in [0.5, 0.6) is 0 Å². The van der Waals surface area contributed by atoms with Crippen molar-refractivity contribution in [2.75, 3.05) is 0 Å². The molecule has 0 fully saturated rings. The van der Waals surface area contributed by atoms with E-state index < -0.39 is 13.3 Å². The predicted molar refractivity (Wildman–Crippen MR) is 270 cm³/mol. The number of nitrogens with zero attached hydrogens (tertiary/aromatic N) is 5. The van der Waals surface area contributed by atoms with E-state index in [2.05, 4.69) is 157 Å². The molecule has 0 aliphatic rings. The zero-order valence-corrected chi connectivity index (χ0v) is 43.1. The summed E-state index contributed by atoms with van der Waals surface area (Å²) in [5, 5.41) is 11.5. The second-order valence-corrected chi connectivity index (χ2v) is 28.8. The van der Waals surface area contributed by atoms with Gasteiger partial charge in [0, 0.05) is 36.9 Å². The van der Waals surface area contributed by atoms with Gasteiger partial charge in [-0.05, 0) is 77.4 Å². The molecule has 66 heavy (non-hydrogen) atoms. The molecule has 8 heteroatoms. The third-order valence-electron chi connectivity index (χ3n) is 12.0. The van der Waals surface area contributed by atoms with Crippen molar-refractivity contribution in [1.29, 1.82) is 5.26 Å². The van der Waals surface area contributed by atoms with Crippen LogP contribution >= 0.6 is 0 Å². The molecule has 0 atom stereocenters. The first kappa shape index (κ1) is 46.1. The first-order chi connectivity index (χ1) is 31.4. The average molecular weight is 1100 g/mol. The molecule has 10 aromatic rings. The Bertz CT molecular complexity index is 3370. The molecule has 4 heterocycles. The summed E-state index contributed by atoms with van der Waals surface area (Å²) in [4.78, 5) is 14.6. The number of pyridine rings is 2. The number of aromatic nitrogens is 4. The van der Waals surface area contributed by atoms with Crippen LogP contribution in [-0.4, -0.2) is 32.8 Å². The Morgan fingerprint density at radius 1 is 0.682 bits per heavy atom. The zero-order chi connectivity index (χ0) is 45.4. The molecule has 0 amide bonds. The van der Waals surface area contributed by atoms with Gasteiger partial charge in [-0.25, -0.2) is 4.98 Å². The summed E-state index contributed by atoms with van der Waals surface area (Å²) in [5.41, 5.74) is 16.1. The van der Waals surface area contributed by atoms with E-state index in [1.165, 1.54) is 32.3 Å². The van der Waals surface area contributed by atoms with Crippen molar-refractivity contribution in [2.24, 2.45) is 0 Å². The van der Waals surface area contributed by atoms with Crippen molar-refractivity contribution >= 4 is 50.8 Å². The third kappa shape index (κ3) is 8.94. The average Bonchev–Trinajstić information content (AvgIpc) is 3.89. The number of fused-ring (bicyclic) bond motifs is 4. The number of furan rings is 1. The summed E-state index contributed by atoms with van der Waals surface area (Å²) in [7, 11) is 0. The predicted octanol–water partition coefficient (Wildman–Crippen LogP) is 14.6. The number of nitriles is 1. The van der Waals surface area contributed by atoms with Crippen molar-refractivity contribution in [3.63, 3.8) is 0 Å². The number of aryl methyl sites for hydroxylation is 1. The fourth-order valence-electron chi connectivity index (χ4n) is 8.71. The van der Waals surface area contributed by atoms with Crippen LogP contribution in [0.2, 0.25) is 17.3 Å². The van der Waals surface area contributed by atoms with Crippen LogP contribution < -0.4 is 4.40 Å². The molecule has 6 nitrogen and oxygen atoms in total. The van der Waals surface area contributed by atoms with Gasteiger partial charge < -0.3 is 8.98 Å². The summed E-state index contributed by atoms with van der Waals surface area (Å²) in [6, 6.07) is 58.8. The van der Waals surface area contributed by atoms with E-state index in [1.54, 1.807) is 0 Å². The van der Waals surface area contributed by atoms with Crippen LogP contribution in [0.1, 0.15) is 61.9 Å². The first-order valence-electron chi connectivity index (χ1n) is 22.3. The van der Waals surface area contributed by atoms with Crippen molar-refractivity contribution < 1.29 is 24.5 Å². The van der Waals surface area contributed by atoms with Gasteiger partial charge in [0.25, 0.3) is 0 Å².